The molecule has 5 rings (SSSR count). The lowest BCUT2D eigenvalue weighted by Crippen LogP contribution is -2.23. The van der Waals surface area contributed by atoms with Crippen LogP contribution in [0.15, 0.2) is 40.8 Å². The molecule has 4 aromatic rings. The van der Waals surface area contributed by atoms with Gasteiger partial charge in [-0.25, -0.2) is 15.0 Å². The highest BCUT2D eigenvalue weighted by Gasteiger charge is 2.22. The van der Waals surface area contributed by atoms with Crippen LogP contribution >= 0.6 is 11.3 Å². The van der Waals surface area contributed by atoms with Crippen LogP contribution in [0.5, 0.6) is 0 Å². The Bertz CT molecular complexity index is 1220. The van der Waals surface area contributed by atoms with E-state index in [1.54, 1.807) is 12.4 Å². The normalized spacial score (nSPS) is 13.0. The number of nitrogens with one attached hydrogen (secondary N) is 1. The standard InChI is InChI=1S/C20H18N6OS/c1-26(11-16-22-15-7-10-28-17(15)20(27)24-16)19-13-3-2-4-14(13)23-18(25-19)12-5-8-21-9-6-12/h5-10H,2-4,11H2,1H3,(H,22,24,27). The van der Waals surface area contributed by atoms with E-state index in [0.29, 0.717) is 22.9 Å². The number of nitrogens with zero attached hydrogens (tertiary/aromatic N) is 5. The van der Waals surface area contributed by atoms with Gasteiger partial charge in [0, 0.05) is 36.3 Å². The molecule has 8 heteroatoms. The number of aryl methyl sites for hydroxylation is 1. The molecule has 4 aromatic heterocycles. The maximum atomic E-state index is 12.3. The van der Waals surface area contributed by atoms with E-state index < -0.39 is 0 Å². The van der Waals surface area contributed by atoms with Crippen LogP contribution in [0.2, 0.25) is 0 Å². The van der Waals surface area contributed by atoms with Crippen LogP contribution in [-0.4, -0.2) is 32.0 Å². The number of H-pyrrole nitrogens is 1. The van der Waals surface area contributed by atoms with Gasteiger partial charge < -0.3 is 9.88 Å². The first-order valence-corrected chi connectivity index (χ1v) is 10.0. The Balaban J connectivity index is 1.54. The average Bonchev–Trinajstić information content (AvgIpc) is 3.37. The first-order valence-electron chi connectivity index (χ1n) is 9.17. The maximum absolute atomic E-state index is 12.3. The number of anilines is 1. The van der Waals surface area contributed by atoms with E-state index in [9.17, 15) is 4.79 Å². The summed E-state index contributed by atoms with van der Waals surface area (Å²) in [5.74, 6) is 2.25. The molecule has 0 amide bonds. The Morgan fingerprint density at radius 1 is 1.14 bits per heavy atom. The molecule has 4 heterocycles. The third-order valence-corrected chi connectivity index (χ3v) is 5.86. The summed E-state index contributed by atoms with van der Waals surface area (Å²) < 4.78 is 0.661. The lowest BCUT2D eigenvalue weighted by Gasteiger charge is -2.21. The monoisotopic (exact) mass is 390 g/mol. The molecule has 1 aliphatic rings. The van der Waals surface area contributed by atoms with Crippen LogP contribution in [-0.2, 0) is 19.4 Å². The number of hydrogen-bond acceptors (Lipinski definition) is 7. The van der Waals surface area contributed by atoms with Crippen molar-refractivity contribution in [1.29, 1.82) is 0 Å². The minimum atomic E-state index is -0.0891. The van der Waals surface area contributed by atoms with Crippen LogP contribution in [0.4, 0.5) is 5.82 Å². The van der Waals surface area contributed by atoms with Crippen molar-refractivity contribution in [3.63, 3.8) is 0 Å². The first kappa shape index (κ1) is 17.0. The van der Waals surface area contributed by atoms with Gasteiger partial charge in [0.05, 0.1) is 12.1 Å². The minimum Gasteiger partial charge on any atom is -0.352 e. The van der Waals surface area contributed by atoms with Crippen molar-refractivity contribution in [3.8, 4) is 11.4 Å². The van der Waals surface area contributed by atoms with E-state index in [-0.39, 0.29) is 5.56 Å². The number of thiophene rings is 1. The van der Waals surface area contributed by atoms with Gasteiger partial charge in [0.25, 0.3) is 5.56 Å². The van der Waals surface area contributed by atoms with Crippen LogP contribution in [0.3, 0.4) is 0 Å². The van der Waals surface area contributed by atoms with E-state index >= 15 is 0 Å². The molecule has 140 valence electrons. The summed E-state index contributed by atoms with van der Waals surface area (Å²) in [5, 5.41) is 1.89. The second kappa shape index (κ2) is 6.79. The third-order valence-electron chi connectivity index (χ3n) is 4.96. The molecule has 0 fully saturated rings. The Morgan fingerprint density at radius 2 is 2.00 bits per heavy atom. The van der Waals surface area contributed by atoms with Gasteiger partial charge in [0.1, 0.15) is 16.3 Å². The van der Waals surface area contributed by atoms with E-state index in [4.69, 9.17) is 9.97 Å². The number of aromatic amines is 1. The van der Waals surface area contributed by atoms with E-state index in [1.807, 2.05) is 35.5 Å². The van der Waals surface area contributed by atoms with Gasteiger partial charge in [0.2, 0.25) is 0 Å². The van der Waals surface area contributed by atoms with E-state index in [2.05, 4.69) is 15.0 Å². The molecule has 1 aliphatic carbocycles. The van der Waals surface area contributed by atoms with Gasteiger partial charge >= 0.3 is 0 Å². The maximum Gasteiger partial charge on any atom is 0.268 e. The number of aromatic nitrogens is 5. The molecule has 0 aliphatic heterocycles. The summed E-state index contributed by atoms with van der Waals surface area (Å²) in [5.41, 5.74) is 3.90. The fourth-order valence-corrected chi connectivity index (χ4v) is 4.38. The van der Waals surface area contributed by atoms with Gasteiger partial charge in [-0.2, -0.15) is 0 Å². The zero-order valence-corrected chi connectivity index (χ0v) is 16.2. The van der Waals surface area contributed by atoms with Crippen molar-refractivity contribution in [2.75, 3.05) is 11.9 Å². The Kier molecular flexibility index (Phi) is 4.12. The fraction of sp³-hybridized carbons (Fsp3) is 0.250. The van der Waals surface area contributed by atoms with Crippen molar-refractivity contribution in [1.82, 2.24) is 24.9 Å². The third kappa shape index (κ3) is 2.95. The fourth-order valence-electron chi connectivity index (χ4n) is 3.65. The molecule has 0 bridgehead atoms. The van der Waals surface area contributed by atoms with Crippen molar-refractivity contribution in [2.24, 2.45) is 0 Å². The summed E-state index contributed by atoms with van der Waals surface area (Å²) in [4.78, 5) is 35.5. The molecular formula is C20H18N6OS. The summed E-state index contributed by atoms with van der Waals surface area (Å²) in [7, 11) is 1.98. The highest BCUT2D eigenvalue weighted by atomic mass is 32.1. The number of hydrogen-bond donors (Lipinski definition) is 1. The zero-order chi connectivity index (χ0) is 19.1. The highest BCUT2D eigenvalue weighted by Crippen LogP contribution is 2.31. The Morgan fingerprint density at radius 3 is 2.86 bits per heavy atom. The molecule has 1 N–H and O–H groups in total. The van der Waals surface area contributed by atoms with Crippen molar-refractivity contribution < 1.29 is 0 Å². The van der Waals surface area contributed by atoms with Crippen LogP contribution in [0.1, 0.15) is 23.5 Å². The molecule has 0 unspecified atom stereocenters. The van der Waals surface area contributed by atoms with E-state index in [0.717, 1.165) is 41.9 Å². The number of pyridine rings is 1. The average molecular weight is 390 g/mol. The zero-order valence-electron chi connectivity index (χ0n) is 15.3. The van der Waals surface area contributed by atoms with Gasteiger partial charge in [-0.3, -0.25) is 9.78 Å². The molecule has 0 spiro atoms. The Labute approximate surface area is 165 Å². The van der Waals surface area contributed by atoms with Crippen LogP contribution in [0, 0.1) is 0 Å². The topological polar surface area (TPSA) is 87.7 Å². The minimum absolute atomic E-state index is 0.0891. The quantitative estimate of drug-likeness (QED) is 0.576. The van der Waals surface area contributed by atoms with Gasteiger partial charge in [0.15, 0.2) is 5.82 Å². The predicted molar refractivity (Wildman–Crippen MR) is 110 cm³/mol. The molecule has 7 nitrogen and oxygen atoms in total. The summed E-state index contributed by atoms with van der Waals surface area (Å²) in [6.45, 7) is 0.472. The van der Waals surface area contributed by atoms with Gasteiger partial charge in [-0.05, 0) is 42.8 Å². The van der Waals surface area contributed by atoms with Crippen molar-refractivity contribution in [3.05, 3.63) is 63.4 Å². The largest absolute Gasteiger partial charge is 0.352 e. The second-order valence-electron chi connectivity index (χ2n) is 6.89. The van der Waals surface area contributed by atoms with Crippen molar-refractivity contribution in [2.45, 2.75) is 25.8 Å². The number of rotatable bonds is 4. The highest BCUT2D eigenvalue weighted by molar-refractivity contribution is 7.17. The molecule has 0 saturated carbocycles. The molecule has 0 aromatic carbocycles. The molecule has 0 atom stereocenters. The smallest absolute Gasteiger partial charge is 0.268 e. The lowest BCUT2D eigenvalue weighted by molar-refractivity contribution is 0.816. The van der Waals surface area contributed by atoms with Gasteiger partial charge in [-0.1, -0.05) is 0 Å². The summed E-state index contributed by atoms with van der Waals surface area (Å²) in [6, 6.07) is 5.72. The number of fused-ring (bicyclic) bond motifs is 2. The molecule has 0 radical (unpaired) electrons. The van der Waals surface area contributed by atoms with Gasteiger partial charge in [-0.15, -0.1) is 11.3 Å². The van der Waals surface area contributed by atoms with Crippen LogP contribution < -0.4 is 10.5 Å². The molecular weight excluding hydrogens is 372 g/mol. The predicted octanol–water partition coefficient (Wildman–Crippen LogP) is 2.96. The SMILES string of the molecule is CN(Cc1nc2ccsc2c(=O)[nH]1)c1nc(-c2ccncc2)nc2c1CCC2. The second-order valence-corrected chi connectivity index (χ2v) is 7.81. The summed E-state index contributed by atoms with van der Waals surface area (Å²) >= 11 is 1.41. The first-order chi connectivity index (χ1) is 13.7. The summed E-state index contributed by atoms with van der Waals surface area (Å²) in [6.07, 6.45) is 6.52. The Hall–Kier alpha value is -3.13. The van der Waals surface area contributed by atoms with Crippen molar-refractivity contribution >= 4 is 27.4 Å². The molecule has 28 heavy (non-hydrogen) atoms. The van der Waals surface area contributed by atoms with Crippen LogP contribution in [0.25, 0.3) is 21.6 Å². The van der Waals surface area contributed by atoms with E-state index in [1.165, 1.54) is 16.9 Å². The lowest BCUT2D eigenvalue weighted by atomic mass is 10.2. The molecule has 0 saturated heterocycles.